The predicted molar refractivity (Wildman–Crippen MR) is 48.4 cm³/mol. The van der Waals surface area contributed by atoms with E-state index in [9.17, 15) is 4.79 Å². The molecule has 0 amide bonds. The monoisotopic (exact) mass is 185 g/mol. The number of aryl methyl sites for hydroxylation is 2. The Morgan fingerprint density at radius 2 is 2.25 bits per heavy atom. The van der Waals surface area contributed by atoms with E-state index in [1.54, 1.807) is 18.7 Å². The first-order chi connectivity index (χ1) is 5.65. The van der Waals surface area contributed by atoms with Crippen molar-refractivity contribution in [1.29, 1.82) is 0 Å². The second-order valence-corrected chi connectivity index (χ2v) is 3.57. The smallest absolute Gasteiger partial charge is 0.265 e. The molecule has 1 aromatic heterocycles. The molecule has 0 spiro atoms. The molecule has 5 heteroatoms. The van der Waals surface area contributed by atoms with Gasteiger partial charge >= 0.3 is 0 Å². The van der Waals surface area contributed by atoms with Crippen LogP contribution in [0.2, 0.25) is 0 Å². The minimum absolute atomic E-state index is 0.232. The van der Waals surface area contributed by atoms with E-state index in [0.29, 0.717) is 10.9 Å². The molecule has 0 atom stereocenters. The number of thioether (sulfide) groups is 1. The molecule has 0 N–H and O–H groups in total. The summed E-state index contributed by atoms with van der Waals surface area (Å²) >= 11 is 1.51. The molecule has 1 heterocycles. The molecule has 0 unspecified atom stereocenters. The van der Waals surface area contributed by atoms with Gasteiger partial charge in [-0.2, -0.15) is 10.1 Å². The lowest BCUT2D eigenvalue weighted by molar-refractivity contribution is 0.598. The molecule has 12 heavy (non-hydrogen) atoms. The lowest BCUT2D eigenvalue weighted by Crippen LogP contribution is -2.19. The molecule has 0 bridgehead atoms. The Kier molecular flexibility index (Phi) is 2.86. The Labute approximate surface area is 75.0 Å². The highest BCUT2D eigenvalue weighted by Crippen LogP contribution is 2.09. The van der Waals surface area contributed by atoms with Gasteiger partial charge in [0.25, 0.3) is 5.56 Å². The van der Waals surface area contributed by atoms with Crippen LogP contribution in [0.4, 0.5) is 0 Å². The molecule has 0 aliphatic rings. The summed E-state index contributed by atoms with van der Waals surface area (Å²) < 4.78 is 1.63. The molecule has 0 fully saturated rings. The molecular weight excluding hydrogens is 174 g/mol. The van der Waals surface area contributed by atoms with Crippen molar-refractivity contribution < 1.29 is 0 Å². The normalized spacial score (nSPS) is 10.2. The molecule has 0 saturated heterocycles. The van der Waals surface area contributed by atoms with Crippen LogP contribution in [0.15, 0.2) is 9.95 Å². The summed E-state index contributed by atoms with van der Waals surface area (Å²) in [5.74, 6) is 0.894. The number of nitrogens with zero attached hydrogens (tertiary/aromatic N) is 3. The number of rotatable bonds is 2. The maximum Gasteiger partial charge on any atom is 0.295 e. The van der Waals surface area contributed by atoms with Crippen LogP contribution in [-0.2, 0) is 7.05 Å². The van der Waals surface area contributed by atoms with Crippen LogP contribution < -0.4 is 5.56 Å². The van der Waals surface area contributed by atoms with Gasteiger partial charge in [-0.25, -0.2) is 4.68 Å². The van der Waals surface area contributed by atoms with Crippen LogP contribution in [0.1, 0.15) is 12.6 Å². The van der Waals surface area contributed by atoms with E-state index in [4.69, 9.17) is 0 Å². The predicted octanol–water partition coefficient (Wildman–Crippen LogP) is 0.596. The average Bonchev–Trinajstić information content (AvgIpc) is 2.01. The van der Waals surface area contributed by atoms with Crippen molar-refractivity contribution in [3.05, 3.63) is 16.0 Å². The molecule has 4 nitrogen and oxygen atoms in total. The third-order valence-electron chi connectivity index (χ3n) is 1.36. The molecule has 0 aromatic carbocycles. The summed E-state index contributed by atoms with van der Waals surface area (Å²) in [7, 11) is 1.79. The Morgan fingerprint density at radius 1 is 1.58 bits per heavy atom. The van der Waals surface area contributed by atoms with Gasteiger partial charge in [-0.15, -0.1) is 0 Å². The Balaban J connectivity index is 3.14. The van der Waals surface area contributed by atoms with Crippen molar-refractivity contribution >= 4 is 11.8 Å². The first kappa shape index (κ1) is 9.25. The van der Waals surface area contributed by atoms with E-state index in [1.165, 1.54) is 11.8 Å². The fourth-order valence-corrected chi connectivity index (χ4v) is 1.44. The Morgan fingerprint density at radius 3 is 2.83 bits per heavy atom. The Hall–Kier alpha value is -0.840. The third kappa shape index (κ3) is 1.85. The van der Waals surface area contributed by atoms with Crippen LogP contribution in [-0.4, -0.2) is 20.5 Å². The van der Waals surface area contributed by atoms with Crippen molar-refractivity contribution in [2.75, 3.05) is 5.75 Å². The highest BCUT2D eigenvalue weighted by atomic mass is 32.2. The van der Waals surface area contributed by atoms with Gasteiger partial charge in [0.05, 0.1) is 0 Å². The van der Waals surface area contributed by atoms with Gasteiger partial charge in [-0.05, 0) is 12.7 Å². The molecular formula is C7H11N3OS. The summed E-state index contributed by atoms with van der Waals surface area (Å²) in [5.41, 5.74) is 0.210. The molecule has 1 aromatic rings. The van der Waals surface area contributed by atoms with Crippen molar-refractivity contribution in [3.63, 3.8) is 0 Å². The van der Waals surface area contributed by atoms with Crippen LogP contribution in [0, 0.1) is 6.92 Å². The molecule has 0 radical (unpaired) electrons. The van der Waals surface area contributed by atoms with Crippen molar-refractivity contribution in [2.24, 2.45) is 7.05 Å². The van der Waals surface area contributed by atoms with Gasteiger partial charge in [0, 0.05) is 7.05 Å². The van der Waals surface area contributed by atoms with Gasteiger partial charge in [0.2, 0.25) is 0 Å². The molecule has 0 aliphatic heterocycles. The van der Waals surface area contributed by atoms with Crippen LogP contribution >= 0.6 is 11.8 Å². The molecule has 66 valence electrons. The summed E-state index contributed by atoms with van der Waals surface area (Å²) in [6.07, 6.45) is 0. The topological polar surface area (TPSA) is 47.8 Å². The van der Waals surface area contributed by atoms with Crippen LogP contribution in [0.3, 0.4) is 0 Å². The van der Waals surface area contributed by atoms with E-state index in [2.05, 4.69) is 10.1 Å². The lowest BCUT2D eigenvalue weighted by Gasteiger charge is -2.03. The second-order valence-electron chi connectivity index (χ2n) is 2.34. The van der Waals surface area contributed by atoms with E-state index in [0.717, 1.165) is 5.75 Å². The van der Waals surface area contributed by atoms with Gasteiger partial charge in [-0.3, -0.25) is 4.79 Å². The van der Waals surface area contributed by atoms with Gasteiger partial charge in [-0.1, -0.05) is 18.7 Å². The standard InChI is InChI=1S/C7H11N3OS/c1-4-12-7-8-6(11)5(2)9-10(7)3/h4H2,1-3H3. The highest BCUT2D eigenvalue weighted by Gasteiger charge is 2.02. The first-order valence-corrected chi connectivity index (χ1v) is 4.68. The quantitative estimate of drug-likeness (QED) is 0.633. The SMILES string of the molecule is CCSc1nc(=O)c(C)nn1C. The molecule has 0 saturated carbocycles. The van der Waals surface area contributed by atoms with E-state index in [1.807, 2.05) is 6.92 Å². The van der Waals surface area contributed by atoms with Crippen molar-refractivity contribution in [2.45, 2.75) is 19.0 Å². The largest absolute Gasteiger partial charge is 0.295 e. The fourth-order valence-electron chi connectivity index (χ4n) is 0.805. The van der Waals surface area contributed by atoms with Crippen molar-refractivity contribution in [3.8, 4) is 0 Å². The van der Waals surface area contributed by atoms with E-state index in [-0.39, 0.29) is 5.56 Å². The third-order valence-corrected chi connectivity index (χ3v) is 2.26. The maximum absolute atomic E-state index is 11.1. The highest BCUT2D eigenvalue weighted by molar-refractivity contribution is 7.99. The first-order valence-electron chi connectivity index (χ1n) is 3.70. The van der Waals surface area contributed by atoms with E-state index < -0.39 is 0 Å². The lowest BCUT2D eigenvalue weighted by atomic mass is 10.5. The zero-order valence-electron chi connectivity index (χ0n) is 7.37. The van der Waals surface area contributed by atoms with Gasteiger partial charge in [0.1, 0.15) is 5.69 Å². The summed E-state index contributed by atoms with van der Waals surface area (Å²) in [5, 5.41) is 4.69. The fraction of sp³-hybridized carbons (Fsp3) is 0.571. The minimum atomic E-state index is -0.232. The molecule has 1 rings (SSSR count). The van der Waals surface area contributed by atoms with Crippen LogP contribution in [0.5, 0.6) is 0 Å². The second kappa shape index (κ2) is 3.71. The number of hydrogen-bond acceptors (Lipinski definition) is 4. The summed E-state index contributed by atoms with van der Waals surface area (Å²) in [4.78, 5) is 14.9. The average molecular weight is 185 g/mol. The zero-order chi connectivity index (χ0) is 9.14. The van der Waals surface area contributed by atoms with Crippen LogP contribution in [0.25, 0.3) is 0 Å². The summed E-state index contributed by atoms with van der Waals surface area (Å²) in [6.45, 7) is 3.67. The zero-order valence-corrected chi connectivity index (χ0v) is 8.18. The minimum Gasteiger partial charge on any atom is -0.265 e. The molecule has 0 aliphatic carbocycles. The van der Waals surface area contributed by atoms with E-state index >= 15 is 0 Å². The van der Waals surface area contributed by atoms with Crippen molar-refractivity contribution in [1.82, 2.24) is 14.8 Å². The number of aromatic nitrogens is 3. The summed E-state index contributed by atoms with van der Waals surface area (Å²) in [6, 6.07) is 0. The van der Waals surface area contributed by atoms with Gasteiger partial charge < -0.3 is 0 Å². The Bertz CT molecular complexity index is 334. The maximum atomic E-state index is 11.1. The van der Waals surface area contributed by atoms with Gasteiger partial charge in [0.15, 0.2) is 5.16 Å². The number of hydrogen-bond donors (Lipinski definition) is 0.